The standard InChI is InChI=1S/C14H20N4O/c1-10-12(15)4-5-13(16-10)17-6-8-18(9-7-17)14(19)11-2-3-11/h4-5,11H,2-3,6-9,15H2,1H3. The minimum absolute atomic E-state index is 0.323. The van der Waals surface area contributed by atoms with Crippen LogP contribution in [0.4, 0.5) is 11.5 Å². The number of nitrogen functional groups attached to an aromatic ring is 1. The Hall–Kier alpha value is -1.78. The Balaban J connectivity index is 1.62. The first-order valence-corrected chi connectivity index (χ1v) is 6.92. The van der Waals surface area contributed by atoms with E-state index in [1.54, 1.807) is 0 Å². The molecule has 1 aliphatic carbocycles. The number of carbonyl (C=O) groups is 1. The highest BCUT2D eigenvalue weighted by Crippen LogP contribution is 2.31. The molecular formula is C14H20N4O. The molecule has 0 atom stereocenters. The molecule has 2 heterocycles. The fourth-order valence-corrected chi connectivity index (χ4v) is 2.48. The van der Waals surface area contributed by atoms with Crippen LogP contribution in [0.5, 0.6) is 0 Å². The molecule has 102 valence electrons. The van der Waals surface area contributed by atoms with Crippen molar-refractivity contribution in [1.82, 2.24) is 9.88 Å². The summed E-state index contributed by atoms with van der Waals surface area (Å²) in [6.07, 6.45) is 2.16. The van der Waals surface area contributed by atoms with Crippen LogP contribution in [0.2, 0.25) is 0 Å². The number of amides is 1. The van der Waals surface area contributed by atoms with Crippen molar-refractivity contribution in [2.75, 3.05) is 36.8 Å². The molecule has 0 bridgehead atoms. The third-order valence-electron chi connectivity index (χ3n) is 3.95. The first-order chi connectivity index (χ1) is 9.15. The Morgan fingerprint density at radius 2 is 1.95 bits per heavy atom. The van der Waals surface area contributed by atoms with E-state index >= 15 is 0 Å². The molecule has 1 saturated carbocycles. The molecule has 1 amide bonds. The molecule has 2 N–H and O–H groups in total. The van der Waals surface area contributed by atoms with E-state index in [9.17, 15) is 4.79 Å². The van der Waals surface area contributed by atoms with Crippen molar-refractivity contribution in [1.29, 1.82) is 0 Å². The second-order valence-electron chi connectivity index (χ2n) is 5.43. The maximum absolute atomic E-state index is 12.0. The minimum atomic E-state index is 0.323. The van der Waals surface area contributed by atoms with Crippen LogP contribution in [0.15, 0.2) is 12.1 Å². The molecule has 0 aromatic carbocycles. The number of nitrogens with zero attached hydrogens (tertiary/aromatic N) is 3. The van der Waals surface area contributed by atoms with E-state index in [0.717, 1.165) is 56.2 Å². The normalized spacial score (nSPS) is 19.6. The lowest BCUT2D eigenvalue weighted by atomic mass is 10.2. The van der Waals surface area contributed by atoms with Crippen LogP contribution in [-0.4, -0.2) is 42.0 Å². The molecule has 0 unspecified atom stereocenters. The highest BCUT2D eigenvalue weighted by atomic mass is 16.2. The fourth-order valence-electron chi connectivity index (χ4n) is 2.48. The van der Waals surface area contributed by atoms with Gasteiger partial charge in [-0.2, -0.15) is 0 Å². The Morgan fingerprint density at radius 3 is 2.53 bits per heavy atom. The van der Waals surface area contributed by atoms with Crippen LogP contribution in [0.3, 0.4) is 0 Å². The second-order valence-corrected chi connectivity index (χ2v) is 5.43. The number of aromatic nitrogens is 1. The zero-order valence-electron chi connectivity index (χ0n) is 11.3. The number of aryl methyl sites for hydroxylation is 1. The van der Waals surface area contributed by atoms with Gasteiger partial charge in [-0.1, -0.05) is 0 Å². The maximum Gasteiger partial charge on any atom is 0.225 e. The van der Waals surface area contributed by atoms with Crippen molar-refractivity contribution in [3.63, 3.8) is 0 Å². The summed E-state index contributed by atoms with van der Waals surface area (Å²) in [6.45, 7) is 5.25. The van der Waals surface area contributed by atoms with E-state index < -0.39 is 0 Å². The number of hydrogen-bond acceptors (Lipinski definition) is 4. The zero-order chi connectivity index (χ0) is 13.4. The number of nitrogens with two attached hydrogens (primary N) is 1. The van der Waals surface area contributed by atoms with E-state index in [4.69, 9.17) is 5.73 Å². The molecule has 1 saturated heterocycles. The summed E-state index contributed by atoms with van der Waals surface area (Å²) < 4.78 is 0. The van der Waals surface area contributed by atoms with Gasteiger partial charge in [-0.25, -0.2) is 4.98 Å². The number of carbonyl (C=O) groups excluding carboxylic acids is 1. The van der Waals surface area contributed by atoms with Gasteiger partial charge in [-0.15, -0.1) is 0 Å². The van der Waals surface area contributed by atoms with Gasteiger partial charge in [0, 0.05) is 32.1 Å². The Morgan fingerprint density at radius 1 is 1.26 bits per heavy atom. The van der Waals surface area contributed by atoms with Crippen molar-refractivity contribution in [2.45, 2.75) is 19.8 Å². The number of rotatable bonds is 2. The molecule has 1 aromatic heterocycles. The van der Waals surface area contributed by atoms with Crippen LogP contribution in [0.25, 0.3) is 0 Å². The largest absolute Gasteiger partial charge is 0.397 e. The molecule has 19 heavy (non-hydrogen) atoms. The van der Waals surface area contributed by atoms with Crippen molar-refractivity contribution in [3.05, 3.63) is 17.8 Å². The van der Waals surface area contributed by atoms with Gasteiger partial charge >= 0.3 is 0 Å². The highest BCUT2D eigenvalue weighted by Gasteiger charge is 2.34. The van der Waals surface area contributed by atoms with Gasteiger partial charge in [-0.3, -0.25) is 4.79 Å². The van der Waals surface area contributed by atoms with Crippen LogP contribution in [0.1, 0.15) is 18.5 Å². The molecule has 1 aromatic rings. The number of piperazine rings is 1. The molecule has 5 nitrogen and oxygen atoms in total. The number of hydrogen-bond donors (Lipinski definition) is 1. The zero-order valence-corrected chi connectivity index (χ0v) is 11.3. The predicted octanol–water partition coefficient (Wildman–Crippen LogP) is 1.03. The summed E-state index contributed by atoms with van der Waals surface area (Å²) in [4.78, 5) is 20.7. The molecule has 2 fully saturated rings. The van der Waals surface area contributed by atoms with Gasteiger partial charge in [0.05, 0.1) is 11.4 Å². The smallest absolute Gasteiger partial charge is 0.225 e. The lowest BCUT2D eigenvalue weighted by molar-refractivity contribution is -0.132. The second kappa shape index (κ2) is 4.72. The Kier molecular flexibility index (Phi) is 3.05. The number of pyridine rings is 1. The lowest BCUT2D eigenvalue weighted by Crippen LogP contribution is -2.49. The third kappa shape index (κ3) is 2.50. The summed E-state index contributed by atoms with van der Waals surface area (Å²) in [5.74, 6) is 1.63. The topological polar surface area (TPSA) is 62.5 Å². The molecule has 1 aliphatic heterocycles. The van der Waals surface area contributed by atoms with Crippen molar-refractivity contribution in [2.24, 2.45) is 5.92 Å². The van der Waals surface area contributed by atoms with Gasteiger partial charge in [0.1, 0.15) is 5.82 Å². The average molecular weight is 260 g/mol. The third-order valence-corrected chi connectivity index (χ3v) is 3.95. The molecule has 2 aliphatic rings. The molecule has 3 rings (SSSR count). The summed E-state index contributed by atoms with van der Waals surface area (Å²) >= 11 is 0. The van der Waals surface area contributed by atoms with Gasteiger partial charge in [0.2, 0.25) is 5.91 Å². The van der Waals surface area contributed by atoms with Crippen LogP contribution in [-0.2, 0) is 4.79 Å². The Labute approximate surface area is 113 Å². The van der Waals surface area contributed by atoms with E-state index in [1.165, 1.54) is 0 Å². The minimum Gasteiger partial charge on any atom is -0.397 e. The summed E-state index contributed by atoms with van der Waals surface area (Å²) in [6, 6.07) is 3.86. The van der Waals surface area contributed by atoms with Crippen molar-refractivity contribution >= 4 is 17.4 Å². The maximum atomic E-state index is 12.0. The SMILES string of the molecule is Cc1nc(N2CCN(C(=O)C3CC3)CC2)ccc1N. The van der Waals surface area contributed by atoms with Crippen LogP contribution < -0.4 is 10.6 Å². The average Bonchev–Trinajstić information content (AvgIpc) is 3.26. The van der Waals surface area contributed by atoms with Crippen LogP contribution >= 0.6 is 0 Å². The highest BCUT2D eigenvalue weighted by molar-refractivity contribution is 5.81. The monoisotopic (exact) mass is 260 g/mol. The molecular weight excluding hydrogens is 240 g/mol. The van der Waals surface area contributed by atoms with E-state index in [-0.39, 0.29) is 0 Å². The number of anilines is 2. The summed E-state index contributed by atoms with van der Waals surface area (Å²) in [5.41, 5.74) is 7.38. The van der Waals surface area contributed by atoms with Gasteiger partial charge in [0.15, 0.2) is 0 Å². The predicted molar refractivity (Wildman–Crippen MR) is 74.9 cm³/mol. The Bertz CT molecular complexity index is 490. The molecule has 0 radical (unpaired) electrons. The van der Waals surface area contributed by atoms with Gasteiger partial charge in [-0.05, 0) is 31.9 Å². The first kappa shape index (κ1) is 12.3. The van der Waals surface area contributed by atoms with Gasteiger partial charge < -0.3 is 15.5 Å². The lowest BCUT2D eigenvalue weighted by Gasteiger charge is -2.35. The molecule has 0 spiro atoms. The van der Waals surface area contributed by atoms with Gasteiger partial charge in [0.25, 0.3) is 0 Å². The molecule has 5 heteroatoms. The van der Waals surface area contributed by atoms with Crippen molar-refractivity contribution in [3.8, 4) is 0 Å². The summed E-state index contributed by atoms with van der Waals surface area (Å²) in [7, 11) is 0. The first-order valence-electron chi connectivity index (χ1n) is 6.92. The van der Waals surface area contributed by atoms with Crippen molar-refractivity contribution < 1.29 is 4.79 Å². The van der Waals surface area contributed by atoms with E-state index in [2.05, 4.69) is 9.88 Å². The van der Waals surface area contributed by atoms with E-state index in [0.29, 0.717) is 11.8 Å². The van der Waals surface area contributed by atoms with E-state index in [1.807, 2.05) is 24.0 Å². The summed E-state index contributed by atoms with van der Waals surface area (Å²) in [5, 5.41) is 0. The van der Waals surface area contributed by atoms with Crippen LogP contribution in [0, 0.1) is 12.8 Å². The fraction of sp³-hybridized carbons (Fsp3) is 0.571. The quantitative estimate of drug-likeness (QED) is 0.862.